The van der Waals surface area contributed by atoms with E-state index >= 15 is 0 Å². The fourth-order valence-corrected chi connectivity index (χ4v) is 3.41. The maximum atomic E-state index is 12.9. The van der Waals surface area contributed by atoms with Crippen molar-refractivity contribution in [3.05, 3.63) is 59.7 Å². The largest absolute Gasteiger partial charge is 0.416 e. The van der Waals surface area contributed by atoms with Gasteiger partial charge in [-0.3, -0.25) is 4.90 Å². The zero-order valence-corrected chi connectivity index (χ0v) is 16.2. The molecule has 1 aliphatic rings. The zero-order valence-electron chi connectivity index (χ0n) is 16.2. The van der Waals surface area contributed by atoms with Gasteiger partial charge in [-0.15, -0.1) is 0 Å². The first-order chi connectivity index (χ1) is 13.2. The van der Waals surface area contributed by atoms with Crippen LogP contribution < -0.4 is 9.80 Å². The maximum Gasteiger partial charge on any atom is 0.416 e. The van der Waals surface area contributed by atoms with Crippen LogP contribution in [0.3, 0.4) is 0 Å². The molecule has 1 atom stereocenters. The normalized spacial score (nSPS) is 16.9. The summed E-state index contributed by atoms with van der Waals surface area (Å²) < 4.78 is 38.7. The van der Waals surface area contributed by atoms with Crippen molar-refractivity contribution in [2.45, 2.75) is 12.3 Å². The fourth-order valence-electron chi connectivity index (χ4n) is 3.41. The van der Waals surface area contributed by atoms with Crippen LogP contribution in [0.5, 0.6) is 0 Å². The molecule has 0 spiro atoms. The van der Waals surface area contributed by atoms with Crippen molar-refractivity contribution >= 4 is 11.4 Å². The molecule has 28 heavy (non-hydrogen) atoms. The Kier molecular flexibility index (Phi) is 6.15. The number of halogens is 3. The monoisotopic (exact) mass is 393 g/mol. The first-order valence-corrected chi connectivity index (χ1v) is 9.34. The second-order valence-electron chi connectivity index (χ2n) is 7.34. The Morgan fingerprint density at radius 1 is 1.00 bits per heavy atom. The summed E-state index contributed by atoms with van der Waals surface area (Å²) in [6, 6.07) is 13.3. The Morgan fingerprint density at radius 3 is 2.21 bits per heavy atom. The number of hydrogen-bond donors (Lipinski definition) is 1. The molecule has 1 saturated heterocycles. The lowest BCUT2D eigenvalue weighted by Gasteiger charge is -2.37. The third-order valence-electron chi connectivity index (χ3n) is 5.14. The van der Waals surface area contributed by atoms with Gasteiger partial charge in [0.25, 0.3) is 0 Å². The quantitative estimate of drug-likeness (QED) is 0.840. The molecule has 0 aromatic heterocycles. The Labute approximate surface area is 163 Å². The minimum absolute atomic E-state index is 0.512. The molecule has 0 saturated carbocycles. The molecule has 1 N–H and O–H groups in total. The van der Waals surface area contributed by atoms with E-state index in [0.717, 1.165) is 17.3 Å². The average Bonchev–Trinajstić information content (AvgIpc) is 2.68. The SMILES string of the molecule is CN(C)c1ccc(C(O)CN2CCN(c3cccc(C(F)(F)F)c3)CC2)cc1. The summed E-state index contributed by atoms with van der Waals surface area (Å²) in [5.41, 5.74) is 1.91. The Balaban J connectivity index is 1.55. The van der Waals surface area contributed by atoms with E-state index in [4.69, 9.17) is 0 Å². The van der Waals surface area contributed by atoms with E-state index in [1.165, 1.54) is 12.1 Å². The van der Waals surface area contributed by atoms with Gasteiger partial charge < -0.3 is 14.9 Å². The van der Waals surface area contributed by atoms with Crippen molar-refractivity contribution in [2.24, 2.45) is 0 Å². The molecular formula is C21H26F3N3O. The van der Waals surface area contributed by atoms with Crippen LogP contribution in [0.4, 0.5) is 24.5 Å². The topological polar surface area (TPSA) is 30.0 Å². The van der Waals surface area contributed by atoms with Crippen molar-refractivity contribution < 1.29 is 18.3 Å². The van der Waals surface area contributed by atoms with Gasteiger partial charge in [-0.25, -0.2) is 0 Å². The summed E-state index contributed by atoms with van der Waals surface area (Å²) in [6.07, 6.45) is -4.92. The number of benzene rings is 2. The molecular weight excluding hydrogens is 367 g/mol. The van der Waals surface area contributed by atoms with Crippen LogP contribution >= 0.6 is 0 Å². The number of β-amino-alcohol motifs (C(OH)–C–C–N with tert-alkyl or cyclic N) is 1. The van der Waals surface area contributed by atoms with Crippen molar-refractivity contribution in [1.29, 1.82) is 0 Å². The molecule has 0 radical (unpaired) electrons. The van der Waals surface area contributed by atoms with E-state index in [0.29, 0.717) is 38.4 Å². The molecule has 1 aliphatic heterocycles. The van der Waals surface area contributed by atoms with Crippen LogP contribution in [0.2, 0.25) is 0 Å². The van der Waals surface area contributed by atoms with Crippen molar-refractivity contribution in [3.63, 3.8) is 0 Å². The summed E-state index contributed by atoms with van der Waals surface area (Å²) in [6.45, 7) is 3.17. The van der Waals surface area contributed by atoms with E-state index in [2.05, 4.69) is 4.90 Å². The predicted molar refractivity (Wildman–Crippen MR) is 106 cm³/mol. The highest BCUT2D eigenvalue weighted by Gasteiger charge is 2.31. The maximum absolute atomic E-state index is 12.9. The molecule has 0 aliphatic carbocycles. The summed E-state index contributed by atoms with van der Waals surface area (Å²) in [4.78, 5) is 6.11. The van der Waals surface area contributed by atoms with Gasteiger partial charge in [0, 0.05) is 58.2 Å². The Hall–Kier alpha value is -2.25. The van der Waals surface area contributed by atoms with Crippen molar-refractivity contribution in [3.8, 4) is 0 Å². The Bertz CT molecular complexity index is 769. The smallest absolute Gasteiger partial charge is 0.387 e. The van der Waals surface area contributed by atoms with E-state index in [9.17, 15) is 18.3 Å². The van der Waals surface area contributed by atoms with Crippen LogP contribution in [-0.4, -0.2) is 56.8 Å². The molecule has 2 aromatic rings. The van der Waals surface area contributed by atoms with E-state index in [1.807, 2.05) is 48.2 Å². The first kappa shape index (κ1) is 20.5. The molecule has 1 fully saturated rings. The lowest BCUT2D eigenvalue weighted by atomic mass is 10.1. The number of nitrogens with zero attached hydrogens (tertiary/aromatic N) is 3. The highest BCUT2D eigenvalue weighted by molar-refractivity contribution is 5.50. The van der Waals surface area contributed by atoms with Gasteiger partial charge in [0.1, 0.15) is 0 Å². The third kappa shape index (κ3) is 4.97. The van der Waals surface area contributed by atoms with E-state index in [-0.39, 0.29) is 0 Å². The lowest BCUT2D eigenvalue weighted by molar-refractivity contribution is -0.137. The fraction of sp³-hybridized carbons (Fsp3) is 0.429. The minimum Gasteiger partial charge on any atom is -0.387 e. The Morgan fingerprint density at radius 2 is 1.64 bits per heavy atom. The summed E-state index contributed by atoms with van der Waals surface area (Å²) in [5, 5.41) is 10.5. The van der Waals surface area contributed by atoms with Gasteiger partial charge in [0.05, 0.1) is 11.7 Å². The minimum atomic E-state index is -4.33. The van der Waals surface area contributed by atoms with E-state index in [1.54, 1.807) is 6.07 Å². The van der Waals surface area contributed by atoms with Crippen LogP contribution in [-0.2, 0) is 6.18 Å². The number of rotatable bonds is 5. The molecule has 0 amide bonds. The standard InChI is InChI=1S/C21H26F3N3O/c1-25(2)18-8-6-16(7-9-18)20(28)15-26-10-12-27(13-11-26)19-5-3-4-17(14-19)21(22,23)24/h3-9,14,20,28H,10-13,15H2,1-2H3. The number of aliphatic hydroxyl groups is 1. The molecule has 4 nitrogen and oxygen atoms in total. The highest BCUT2D eigenvalue weighted by Crippen LogP contribution is 2.32. The number of aliphatic hydroxyl groups excluding tert-OH is 1. The molecule has 1 unspecified atom stereocenters. The molecule has 3 rings (SSSR count). The van der Waals surface area contributed by atoms with Crippen LogP contribution in [0.25, 0.3) is 0 Å². The predicted octanol–water partition coefficient (Wildman–Crippen LogP) is 3.63. The van der Waals surface area contributed by atoms with Gasteiger partial charge in [0.15, 0.2) is 0 Å². The summed E-state index contributed by atoms with van der Waals surface area (Å²) in [7, 11) is 3.94. The molecule has 7 heteroatoms. The van der Waals surface area contributed by atoms with Crippen molar-refractivity contribution in [2.75, 3.05) is 56.6 Å². The average molecular weight is 393 g/mol. The van der Waals surface area contributed by atoms with Crippen molar-refractivity contribution in [1.82, 2.24) is 4.90 Å². The lowest BCUT2D eigenvalue weighted by Crippen LogP contribution is -2.47. The third-order valence-corrected chi connectivity index (χ3v) is 5.14. The van der Waals surface area contributed by atoms with Gasteiger partial charge in [0.2, 0.25) is 0 Å². The summed E-state index contributed by atoms with van der Waals surface area (Å²) >= 11 is 0. The van der Waals surface area contributed by atoms with Gasteiger partial charge in [-0.1, -0.05) is 18.2 Å². The highest BCUT2D eigenvalue weighted by atomic mass is 19.4. The second kappa shape index (κ2) is 8.41. The molecule has 0 bridgehead atoms. The van der Waals surface area contributed by atoms with Crippen LogP contribution in [0, 0.1) is 0 Å². The van der Waals surface area contributed by atoms with Crippen LogP contribution in [0.15, 0.2) is 48.5 Å². The number of hydrogen-bond acceptors (Lipinski definition) is 4. The number of piperazine rings is 1. The first-order valence-electron chi connectivity index (χ1n) is 9.34. The van der Waals surface area contributed by atoms with Gasteiger partial charge >= 0.3 is 6.18 Å². The zero-order chi connectivity index (χ0) is 20.3. The number of alkyl halides is 3. The molecule has 2 aromatic carbocycles. The van der Waals surface area contributed by atoms with E-state index < -0.39 is 17.8 Å². The van der Waals surface area contributed by atoms with Gasteiger partial charge in [-0.2, -0.15) is 13.2 Å². The van der Waals surface area contributed by atoms with Crippen LogP contribution in [0.1, 0.15) is 17.2 Å². The number of anilines is 2. The summed E-state index contributed by atoms with van der Waals surface area (Å²) in [5.74, 6) is 0. The molecule has 1 heterocycles. The van der Waals surface area contributed by atoms with Gasteiger partial charge in [-0.05, 0) is 35.9 Å². The second-order valence-corrected chi connectivity index (χ2v) is 7.34. The molecule has 152 valence electrons.